The number of hydrogen-bond acceptors (Lipinski definition) is 0. The van der Waals surface area contributed by atoms with E-state index in [1.807, 2.05) is 0 Å². The highest BCUT2D eigenvalue weighted by Crippen LogP contribution is 2.08. The van der Waals surface area contributed by atoms with Gasteiger partial charge in [0.05, 0.1) is 8.07 Å². The topological polar surface area (TPSA) is 0 Å². The van der Waals surface area contributed by atoms with E-state index in [2.05, 4.69) is 50.8 Å². The lowest BCUT2D eigenvalue weighted by Gasteiger charge is -2.16. The van der Waals surface area contributed by atoms with Crippen molar-refractivity contribution in [3.63, 3.8) is 0 Å². The molecule has 0 amide bonds. The largest absolute Gasteiger partial charge is 0.0775 e. The molecular formula is C14H24Si. The number of hydrogen-bond donors (Lipinski definition) is 0. The molecule has 1 aromatic carbocycles. The van der Waals surface area contributed by atoms with Crippen LogP contribution in [-0.2, 0) is 6.42 Å². The molecule has 1 heteroatoms. The molecule has 0 aliphatic carbocycles. The van der Waals surface area contributed by atoms with Gasteiger partial charge in [0.15, 0.2) is 0 Å². The van der Waals surface area contributed by atoms with Crippen LogP contribution in [0.2, 0.25) is 19.6 Å². The molecular weight excluding hydrogens is 196 g/mol. The molecule has 0 atom stereocenters. The lowest BCUT2D eigenvalue weighted by Crippen LogP contribution is -2.37. The minimum atomic E-state index is -1.09. The first-order valence-electron chi connectivity index (χ1n) is 6.13. The maximum absolute atomic E-state index is 2.40. The fourth-order valence-electron chi connectivity index (χ4n) is 1.75. The second-order valence-electron chi connectivity index (χ2n) is 5.40. The Morgan fingerprint density at radius 3 is 2.00 bits per heavy atom. The Balaban J connectivity index is 2.57. The first-order valence-corrected chi connectivity index (χ1v) is 9.63. The second-order valence-corrected chi connectivity index (χ2v) is 10.5. The summed E-state index contributed by atoms with van der Waals surface area (Å²) in [6, 6.07) is 9.33. The Hall–Kier alpha value is -0.563. The van der Waals surface area contributed by atoms with E-state index in [9.17, 15) is 0 Å². The smallest absolute Gasteiger partial charge is 0.0656 e. The standard InChI is InChI=1S/C14H24Si/c1-5-6-7-8-13-9-11-14(12-10-13)15(2,3)4/h9-12H,5-8H2,1-4H3. The third-order valence-corrected chi connectivity index (χ3v) is 4.95. The van der Waals surface area contributed by atoms with Crippen LogP contribution in [0.5, 0.6) is 0 Å². The zero-order chi connectivity index (χ0) is 11.3. The molecule has 0 aliphatic rings. The minimum absolute atomic E-state index is 1.09. The monoisotopic (exact) mass is 220 g/mol. The van der Waals surface area contributed by atoms with Crippen molar-refractivity contribution < 1.29 is 0 Å². The summed E-state index contributed by atoms with van der Waals surface area (Å²) in [5.74, 6) is 0. The number of benzene rings is 1. The van der Waals surface area contributed by atoms with Gasteiger partial charge in [0.2, 0.25) is 0 Å². The molecule has 0 bridgehead atoms. The number of unbranched alkanes of at least 4 members (excludes halogenated alkanes) is 2. The van der Waals surface area contributed by atoms with Crippen molar-refractivity contribution in [1.29, 1.82) is 0 Å². The van der Waals surface area contributed by atoms with Crippen molar-refractivity contribution in [2.75, 3.05) is 0 Å². The van der Waals surface area contributed by atoms with Crippen molar-refractivity contribution in [1.82, 2.24) is 0 Å². The molecule has 0 fully saturated rings. The molecule has 0 saturated carbocycles. The zero-order valence-electron chi connectivity index (χ0n) is 10.6. The lowest BCUT2D eigenvalue weighted by atomic mass is 10.1. The van der Waals surface area contributed by atoms with E-state index < -0.39 is 8.07 Å². The van der Waals surface area contributed by atoms with Crippen molar-refractivity contribution in [2.24, 2.45) is 0 Å². The van der Waals surface area contributed by atoms with Gasteiger partial charge in [-0.2, -0.15) is 0 Å². The van der Waals surface area contributed by atoms with Gasteiger partial charge in [-0.05, 0) is 18.4 Å². The van der Waals surface area contributed by atoms with E-state index in [1.165, 1.54) is 31.2 Å². The van der Waals surface area contributed by atoms with Crippen LogP contribution < -0.4 is 5.19 Å². The SMILES string of the molecule is CCCCCc1ccc([Si](C)(C)C)cc1. The van der Waals surface area contributed by atoms with Gasteiger partial charge in [-0.15, -0.1) is 0 Å². The maximum Gasteiger partial charge on any atom is 0.0775 e. The van der Waals surface area contributed by atoms with Gasteiger partial charge in [0.25, 0.3) is 0 Å². The summed E-state index contributed by atoms with van der Waals surface area (Å²) < 4.78 is 0. The molecule has 1 rings (SSSR count). The molecule has 0 aromatic heterocycles. The molecule has 0 heterocycles. The van der Waals surface area contributed by atoms with Gasteiger partial charge in [-0.3, -0.25) is 0 Å². The summed E-state index contributed by atoms with van der Waals surface area (Å²) in [5, 5.41) is 1.57. The van der Waals surface area contributed by atoms with E-state index in [0.29, 0.717) is 0 Å². The van der Waals surface area contributed by atoms with Crippen molar-refractivity contribution in [3.05, 3.63) is 29.8 Å². The summed E-state index contributed by atoms with van der Waals surface area (Å²) in [7, 11) is -1.09. The van der Waals surface area contributed by atoms with Crippen LogP contribution in [0.3, 0.4) is 0 Å². The average Bonchev–Trinajstić information content (AvgIpc) is 2.18. The second kappa shape index (κ2) is 5.50. The van der Waals surface area contributed by atoms with Crippen LogP contribution in [0.1, 0.15) is 31.7 Å². The Morgan fingerprint density at radius 2 is 1.53 bits per heavy atom. The molecule has 0 radical (unpaired) electrons. The lowest BCUT2D eigenvalue weighted by molar-refractivity contribution is 0.717. The molecule has 0 unspecified atom stereocenters. The molecule has 84 valence electrons. The van der Waals surface area contributed by atoms with Crippen LogP contribution in [0.15, 0.2) is 24.3 Å². The van der Waals surface area contributed by atoms with Crippen LogP contribution in [-0.4, -0.2) is 8.07 Å². The Labute approximate surface area is 95.7 Å². The summed E-state index contributed by atoms with van der Waals surface area (Å²) in [6.45, 7) is 9.46. The normalized spacial score (nSPS) is 11.7. The maximum atomic E-state index is 2.40. The quantitative estimate of drug-likeness (QED) is 0.520. The highest BCUT2D eigenvalue weighted by Gasteiger charge is 2.15. The average molecular weight is 220 g/mol. The number of aryl methyl sites for hydroxylation is 1. The first-order chi connectivity index (χ1) is 7.04. The third-order valence-electron chi connectivity index (χ3n) is 2.89. The van der Waals surface area contributed by atoms with Gasteiger partial charge < -0.3 is 0 Å². The highest BCUT2D eigenvalue weighted by molar-refractivity contribution is 6.88. The van der Waals surface area contributed by atoms with Crippen molar-refractivity contribution in [3.8, 4) is 0 Å². The Kier molecular flexibility index (Phi) is 4.59. The molecule has 0 aliphatic heterocycles. The molecule has 1 aromatic rings. The van der Waals surface area contributed by atoms with Crippen LogP contribution >= 0.6 is 0 Å². The fraction of sp³-hybridized carbons (Fsp3) is 0.571. The Bertz CT molecular complexity index is 279. The van der Waals surface area contributed by atoms with Gasteiger partial charge in [0.1, 0.15) is 0 Å². The minimum Gasteiger partial charge on any atom is -0.0656 e. The van der Waals surface area contributed by atoms with Crippen LogP contribution in [0, 0.1) is 0 Å². The van der Waals surface area contributed by atoms with E-state index in [-0.39, 0.29) is 0 Å². The van der Waals surface area contributed by atoms with Crippen molar-refractivity contribution >= 4 is 13.3 Å². The third kappa shape index (κ3) is 4.21. The zero-order valence-corrected chi connectivity index (χ0v) is 11.6. The van der Waals surface area contributed by atoms with E-state index in [0.717, 1.165) is 0 Å². The summed E-state index contributed by atoms with van der Waals surface area (Å²) >= 11 is 0. The summed E-state index contributed by atoms with van der Waals surface area (Å²) in [6.07, 6.45) is 5.26. The predicted molar refractivity (Wildman–Crippen MR) is 72.7 cm³/mol. The van der Waals surface area contributed by atoms with Crippen LogP contribution in [0.4, 0.5) is 0 Å². The molecule has 15 heavy (non-hydrogen) atoms. The fourth-order valence-corrected chi connectivity index (χ4v) is 2.92. The van der Waals surface area contributed by atoms with E-state index >= 15 is 0 Å². The van der Waals surface area contributed by atoms with Gasteiger partial charge >= 0.3 is 0 Å². The van der Waals surface area contributed by atoms with Gasteiger partial charge in [-0.25, -0.2) is 0 Å². The van der Waals surface area contributed by atoms with Gasteiger partial charge in [-0.1, -0.05) is 68.9 Å². The first kappa shape index (κ1) is 12.5. The molecule has 0 nitrogen and oxygen atoms in total. The van der Waals surface area contributed by atoms with E-state index in [4.69, 9.17) is 0 Å². The highest BCUT2D eigenvalue weighted by atomic mass is 28.3. The van der Waals surface area contributed by atoms with Crippen LogP contribution in [0.25, 0.3) is 0 Å². The number of rotatable bonds is 5. The van der Waals surface area contributed by atoms with E-state index in [1.54, 1.807) is 5.19 Å². The summed E-state index contributed by atoms with van der Waals surface area (Å²) in [4.78, 5) is 0. The molecule has 0 saturated heterocycles. The summed E-state index contributed by atoms with van der Waals surface area (Å²) in [5.41, 5.74) is 1.51. The van der Waals surface area contributed by atoms with Crippen molar-refractivity contribution in [2.45, 2.75) is 52.2 Å². The molecule has 0 spiro atoms. The Morgan fingerprint density at radius 1 is 0.933 bits per heavy atom. The van der Waals surface area contributed by atoms with Gasteiger partial charge in [0, 0.05) is 0 Å². The predicted octanol–water partition coefficient (Wildman–Crippen LogP) is 3.96. The molecule has 0 N–H and O–H groups in total.